The molecule has 1 aliphatic heterocycles. The summed E-state index contributed by atoms with van der Waals surface area (Å²) in [6, 6.07) is 16.5. The Morgan fingerprint density at radius 3 is 2.38 bits per heavy atom. The molecule has 1 aromatic heterocycles. The highest BCUT2D eigenvalue weighted by molar-refractivity contribution is 7.85. The molecule has 9 heteroatoms. The first-order valence-corrected chi connectivity index (χ1v) is 15.1. The van der Waals surface area contributed by atoms with Crippen molar-refractivity contribution < 1.29 is 17.8 Å². The number of benzene rings is 2. The predicted octanol–water partition coefficient (Wildman–Crippen LogP) is 5.16. The van der Waals surface area contributed by atoms with E-state index >= 15 is 0 Å². The summed E-state index contributed by atoms with van der Waals surface area (Å²) in [6.45, 7) is 1.53. The molecule has 3 fully saturated rings. The van der Waals surface area contributed by atoms with E-state index in [1.54, 1.807) is 12.1 Å². The molecular formula is C30H31FN4O3S. The first-order chi connectivity index (χ1) is 18.9. The van der Waals surface area contributed by atoms with Gasteiger partial charge in [-0.1, -0.05) is 25.0 Å². The van der Waals surface area contributed by atoms with Crippen molar-refractivity contribution in [2.24, 2.45) is 5.92 Å². The Labute approximate surface area is 229 Å². The predicted molar refractivity (Wildman–Crippen MR) is 148 cm³/mol. The van der Waals surface area contributed by atoms with Crippen LogP contribution >= 0.6 is 0 Å². The third kappa shape index (κ3) is 5.35. The van der Waals surface area contributed by atoms with Gasteiger partial charge in [0.15, 0.2) is 0 Å². The molecule has 0 unspecified atom stereocenters. The maximum atomic E-state index is 13.6. The molecule has 6 rings (SSSR count). The number of aromatic nitrogens is 1. The van der Waals surface area contributed by atoms with E-state index in [1.165, 1.54) is 12.1 Å². The minimum atomic E-state index is -0.741. The maximum Gasteiger partial charge on any atom is 0.226 e. The van der Waals surface area contributed by atoms with Crippen molar-refractivity contribution in [3.05, 3.63) is 60.1 Å². The fourth-order valence-electron chi connectivity index (χ4n) is 5.71. The highest BCUT2D eigenvalue weighted by Crippen LogP contribution is 2.45. The van der Waals surface area contributed by atoms with Crippen LogP contribution < -0.4 is 10.2 Å². The fourth-order valence-corrected chi connectivity index (χ4v) is 6.76. The molecule has 1 saturated heterocycles. The molecular weight excluding hydrogens is 515 g/mol. The number of rotatable bonds is 6. The Bertz CT molecular complexity index is 1420. The zero-order valence-corrected chi connectivity index (χ0v) is 22.5. The van der Waals surface area contributed by atoms with Crippen LogP contribution in [0.25, 0.3) is 22.7 Å². The molecule has 2 saturated carbocycles. The Morgan fingerprint density at radius 2 is 1.72 bits per heavy atom. The number of hydrogen-bond acceptors (Lipinski definition) is 6. The number of anilines is 1. The van der Waals surface area contributed by atoms with Crippen LogP contribution in [0, 0.1) is 23.1 Å². The maximum absolute atomic E-state index is 13.6. The fraction of sp³-hybridized carbons (Fsp3) is 0.433. The van der Waals surface area contributed by atoms with E-state index in [1.807, 2.05) is 12.1 Å². The highest BCUT2D eigenvalue weighted by Gasteiger charge is 2.47. The normalized spacial score (nSPS) is 22.7. The topological polar surface area (TPSA) is 99.2 Å². The van der Waals surface area contributed by atoms with Crippen LogP contribution in [-0.2, 0) is 15.6 Å². The summed E-state index contributed by atoms with van der Waals surface area (Å²) in [5, 5.41) is 12.5. The van der Waals surface area contributed by atoms with Crippen LogP contribution in [0.3, 0.4) is 0 Å². The Morgan fingerprint density at radius 1 is 1.05 bits per heavy atom. The molecule has 202 valence electrons. The average molecular weight is 547 g/mol. The van der Waals surface area contributed by atoms with Gasteiger partial charge in [0.05, 0.1) is 6.07 Å². The molecule has 39 heavy (non-hydrogen) atoms. The van der Waals surface area contributed by atoms with E-state index in [9.17, 15) is 18.7 Å². The lowest BCUT2D eigenvalue weighted by molar-refractivity contribution is -0.127. The standard InChI is InChI=1S/C30H31FN4O3S/c31-22-9-5-21(6-10-22)29-33-26(20-7-11-23(12-8-20)35-15-17-39(37)18-16-35)27(38-29)24-3-1-2-4-25(24)28(36)34-30(19-32)13-14-30/h5-12,24-25H,1-4,13-18H2,(H,34,36)/t24-,25-/m1/s1. The van der Waals surface area contributed by atoms with Gasteiger partial charge in [0.25, 0.3) is 0 Å². The molecule has 2 aromatic carbocycles. The van der Waals surface area contributed by atoms with Gasteiger partial charge >= 0.3 is 0 Å². The third-order valence-electron chi connectivity index (χ3n) is 8.19. The number of nitrogens with one attached hydrogen (secondary N) is 1. The molecule has 0 radical (unpaired) electrons. The molecule has 1 N–H and O–H groups in total. The van der Waals surface area contributed by atoms with Gasteiger partial charge in [-0.2, -0.15) is 5.26 Å². The minimum Gasteiger partial charge on any atom is -0.440 e. The molecule has 0 spiro atoms. The Kier molecular flexibility index (Phi) is 6.98. The largest absolute Gasteiger partial charge is 0.440 e. The van der Waals surface area contributed by atoms with Crippen molar-refractivity contribution in [1.82, 2.24) is 10.3 Å². The van der Waals surface area contributed by atoms with Crippen molar-refractivity contribution in [2.75, 3.05) is 29.5 Å². The second-order valence-corrected chi connectivity index (χ2v) is 12.5. The smallest absolute Gasteiger partial charge is 0.226 e. The first kappa shape index (κ1) is 25.8. The summed E-state index contributed by atoms with van der Waals surface area (Å²) in [5.41, 5.74) is 2.58. The van der Waals surface area contributed by atoms with Gasteiger partial charge in [-0.3, -0.25) is 9.00 Å². The van der Waals surface area contributed by atoms with Crippen LogP contribution in [0.2, 0.25) is 0 Å². The number of nitriles is 1. The number of amides is 1. The van der Waals surface area contributed by atoms with Crippen LogP contribution in [0.5, 0.6) is 0 Å². The monoisotopic (exact) mass is 546 g/mol. The second-order valence-electron chi connectivity index (χ2n) is 10.8. The van der Waals surface area contributed by atoms with Crippen LogP contribution in [0.4, 0.5) is 10.1 Å². The van der Waals surface area contributed by atoms with Crippen molar-refractivity contribution in [3.63, 3.8) is 0 Å². The van der Waals surface area contributed by atoms with Crippen LogP contribution in [-0.4, -0.2) is 45.2 Å². The second kappa shape index (κ2) is 10.6. The average Bonchev–Trinajstić information content (AvgIpc) is 3.60. The van der Waals surface area contributed by atoms with Gasteiger partial charge in [-0.25, -0.2) is 9.37 Å². The van der Waals surface area contributed by atoms with Gasteiger partial charge in [0.2, 0.25) is 11.8 Å². The van der Waals surface area contributed by atoms with E-state index in [-0.39, 0.29) is 23.6 Å². The van der Waals surface area contributed by atoms with Crippen molar-refractivity contribution >= 4 is 22.4 Å². The first-order valence-electron chi connectivity index (χ1n) is 13.6. The SMILES string of the molecule is N#CC1(NC(=O)[C@@H]2CCCC[C@H]2c2oc(-c3ccc(F)cc3)nc2-c2ccc(N3CCS(=O)CC3)cc2)CC1. The summed E-state index contributed by atoms with van der Waals surface area (Å²) in [7, 11) is -0.741. The molecule has 2 atom stereocenters. The van der Waals surface area contributed by atoms with Gasteiger partial charge in [0, 0.05) is 64.0 Å². The van der Waals surface area contributed by atoms with E-state index < -0.39 is 16.3 Å². The molecule has 2 heterocycles. The minimum absolute atomic E-state index is 0.0951. The lowest BCUT2D eigenvalue weighted by Crippen LogP contribution is -2.42. The third-order valence-corrected chi connectivity index (χ3v) is 9.47. The lowest BCUT2D eigenvalue weighted by Gasteiger charge is -2.30. The number of carbonyl (C=O) groups excluding carboxylic acids is 1. The number of halogens is 1. The molecule has 3 aromatic rings. The molecule has 7 nitrogen and oxygen atoms in total. The number of hydrogen-bond donors (Lipinski definition) is 1. The van der Waals surface area contributed by atoms with Gasteiger partial charge in [-0.15, -0.1) is 0 Å². The van der Waals surface area contributed by atoms with E-state index in [2.05, 4.69) is 28.4 Å². The van der Waals surface area contributed by atoms with Crippen LogP contribution in [0.15, 0.2) is 52.9 Å². The lowest BCUT2D eigenvalue weighted by atomic mass is 9.76. The zero-order chi connectivity index (χ0) is 27.0. The van der Waals surface area contributed by atoms with E-state index in [0.29, 0.717) is 47.3 Å². The van der Waals surface area contributed by atoms with E-state index in [0.717, 1.165) is 50.0 Å². The van der Waals surface area contributed by atoms with Gasteiger partial charge in [0.1, 0.15) is 22.8 Å². The van der Waals surface area contributed by atoms with Crippen molar-refractivity contribution in [2.45, 2.75) is 50.0 Å². The summed E-state index contributed by atoms with van der Waals surface area (Å²) in [6.07, 6.45) is 4.80. The number of oxazole rings is 1. The summed E-state index contributed by atoms with van der Waals surface area (Å²) in [5.74, 6) is 1.48. The molecule has 1 amide bonds. The number of carbonyl (C=O) groups is 1. The molecule has 3 aliphatic rings. The highest BCUT2D eigenvalue weighted by atomic mass is 32.2. The molecule has 2 aliphatic carbocycles. The van der Waals surface area contributed by atoms with E-state index in [4.69, 9.17) is 9.40 Å². The summed E-state index contributed by atoms with van der Waals surface area (Å²) in [4.78, 5) is 20.5. The zero-order valence-electron chi connectivity index (χ0n) is 21.7. The Hall–Kier alpha value is -3.51. The van der Waals surface area contributed by atoms with Gasteiger partial charge in [-0.05, 0) is 62.1 Å². The van der Waals surface area contributed by atoms with Crippen molar-refractivity contribution in [3.8, 4) is 28.8 Å². The summed E-state index contributed by atoms with van der Waals surface area (Å²) < 4.78 is 31.8. The number of nitrogens with zero attached hydrogens (tertiary/aromatic N) is 3. The van der Waals surface area contributed by atoms with Crippen molar-refractivity contribution in [1.29, 1.82) is 5.26 Å². The Balaban J connectivity index is 1.35. The summed E-state index contributed by atoms with van der Waals surface area (Å²) >= 11 is 0. The van der Waals surface area contributed by atoms with Crippen LogP contribution in [0.1, 0.15) is 50.2 Å². The quantitative estimate of drug-likeness (QED) is 0.458. The van der Waals surface area contributed by atoms with Gasteiger partial charge < -0.3 is 14.6 Å². The molecule has 0 bridgehead atoms.